The van der Waals surface area contributed by atoms with Crippen LogP contribution in [0.1, 0.15) is 5.56 Å². The van der Waals surface area contributed by atoms with Gasteiger partial charge in [-0.3, -0.25) is 0 Å². The van der Waals surface area contributed by atoms with Gasteiger partial charge in [0.2, 0.25) is 5.88 Å². The van der Waals surface area contributed by atoms with E-state index in [2.05, 4.69) is 15.1 Å². The summed E-state index contributed by atoms with van der Waals surface area (Å²) in [5.41, 5.74) is 0.864. The summed E-state index contributed by atoms with van der Waals surface area (Å²) in [6.45, 7) is 0. The Hall–Kier alpha value is -2.98. The number of hydrogen-bond acceptors (Lipinski definition) is 5. The zero-order chi connectivity index (χ0) is 15.7. The van der Waals surface area contributed by atoms with Gasteiger partial charge in [0.1, 0.15) is 12.4 Å². The van der Waals surface area contributed by atoms with E-state index in [0.717, 1.165) is 6.33 Å². The predicted octanol–water partition coefficient (Wildman–Crippen LogP) is 2.70. The van der Waals surface area contributed by atoms with E-state index in [4.69, 9.17) is 16.9 Å². The van der Waals surface area contributed by atoms with Gasteiger partial charge in [0.15, 0.2) is 5.82 Å². The zero-order valence-corrected chi connectivity index (χ0v) is 11.7. The summed E-state index contributed by atoms with van der Waals surface area (Å²) in [7, 11) is 0. The molecule has 1 aromatic carbocycles. The molecule has 0 saturated heterocycles. The van der Waals surface area contributed by atoms with Crippen LogP contribution in [0.5, 0.6) is 5.88 Å². The molecular formula is C14H7ClFN5O. The second-order valence-corrected chi connectivity index (χ2v) is 4.71. The number of rotatable bonds is 2. The van der Waals surface area contributed by atoms with Crippen molar-refractivity contribution in [1.29, 1.82) is 5.26 Å². The van der Waals surface area contributed by atoms with Gasteiger partial charge < -0.3 is 5.11 Å². The molecule has 2 heterocycles. The van der Waals surface area contributed by atoms with E-state index in [1.807, 2.05) is 6.07 Å². The molecule has 3 aromatic rings. The molecule has 0 radical (unpaired) electrons. The number of hydrogen-bond donors (Lipinski definition) is 1. The van der Waals surface area contributed by atoms with Crippen molar-refractivity contribution in [1.82, 2.24) is 19.7 Å². The van der Waals surface area contributed by atoms with E-state index in [0.29, 0.717) is 11.3 Å². The Labute approximate surface area is 129 Å². The Morgan fingerprint density at radius 3 is 2.82 bits per heavy atom. The molecule has 3 rings (SSSR count). The summed E-state index contributed by atoms with van der Waals surface area (Å²) < 4.78 is 15.8. The fourth-order valence-corrected chi connectivity index (χ4v) is 2.13. The SMILES string of the molecule is N#Cc1cnn(-c2ccc(Cl)c(F)c2-c2cc(O)ncn2)c1. The summed E-state index contributed by atoms with van der Waals surface area (Å²) in [4.78, 5) is 7.51. The van der Waals surface area contributed by atoms with Crippen LogP contribution in [0.4, 0.5) is 4.39 Å². The third-order valence-corrected chi connectivity index (χ3v) is 3.23. The lowest BCUT2D eigenvalue weighted by Gasteiger charge is -2.11. The Balaban J connectivity index is 2.28. The normalized spacial score (nSPS) is 10.4. The minimum Gasteiger partial charge on any atom is -0.493 e. The second-order valence-electron chi connectivity index (χ2n) is 4.30. The lowest BCUT2D eigenvalue weighted by molar-refractivity contribution is 0.452. The van der Waals surface area contributed by atoms with E-state index < -0.39 is 5.82 Å². The monoisotopic (exact) mass is 315 g/mol. The number of nitriles is 1. The molecule has 0 unspecified atom stereocenters. The van der Waals surface area contributed by atoms with Crippen molar-refractivity contribution in [3.8, 4) is 28.9 Å². The predicted molar refractivity (Wildman–Crippen MR) is 75.9 cm³/mol. The van der Waals surface area contributed by atoms with Crippen LogP contribution in [0.3, 0.4) is 0 Å². The summed E-state index contributed by atoms with van der Waals surface area (Å²) in [5.74, 6) is -1.00. The van der Waals surface area contributed by atoms with E-state index in [-0.39, 0.29) is 22.2 Å². The van der Waals surface area contributed by atoms with Crippen molar-refractivity contribution in [3.63, 3.8) is 0 Å². The molecule has 0 aliphatic heterocycles. The molecule has 2 aromatic heterocycles. The van der Waals surface area contributed by atoms with Crippen molar-refractivity contribution in [2.24, 2.45) is 0 Å². The molecule has 0 aliphatic rings. The molecule has 0 saturated carbocycles. The molecule has 6 nitrogen and oxygen atoms in total. The van der Waals surface area contributed by atoms with Crippen LogP contribution < -0.4 is 0 Å². The van der Waals surface area contributed by atoms with Crippen LogP contribution >= 0.6 is 11.6 Å². The van der Waals surface area contributed by atoms with E-state index >= 15 is 0 Å². The molecule has 108 valence electrons. The molecule has 0 amide bonds. The molecule has 8 heteroatoms. The van der Waals surface area contributed by atoms with Crippen molar-refractivity contribution in [2.75, 3.05) is 0 Å². The second kappa shape index (κ2) is 5.42. The Kier molecular flexibility index (Phi) is 3.45. The molecule has 0 aliphatic carbocycles. The highest BCUT2D eigenvalue weighted by atomic mass is 35.5. The van der Waals surface area contributed by atoms with Crippen LogP contribution in [0.2, 0.25) is 5.02 Å². The maximum atomic E-state index is 14.5. The maximum Gasteiger partial charge on any atom is 0.214 e. The summed E-state index contributed by atoms with van der Waals surface area (Å²) in [6, 6.07) is 6.09. The first-order valence-corrected chi connectivity index (χ1v) is 6.42. The zero-order valence-electron chi connectivity index (χ0n) is 10.9. The first-order chi connectivity index (χ1) is 10.6. The fourth-order valence-electron chi connectivity index (χ4n) is 1.97. The highest BCUT2D eigenvalue weighted by Crippen LogP contribution is 2.33. The van der Waals surface area contributed by atoms with Crippen molar-refractivity contribution < 1.29 is 9.50 Å². The third kappa shape index (κ3) is 2.36. The van der Waals surface area contributed by atoms with Crippen LogP contribution in [0.25, 0.3) is 16.9 Å². The number of nitrogens with zero attached hydrogens (tertiary/aromatic N) is 5. The Morgan fingerprint density at radius 1 is 1.32 bits per heavy atom. The lowest BCUT2D eigenvalue weighted by atomic mass is 10.1. The molecule has 0 fully saturated rings. The van der Waals surface area contributed by atoms with Crippen LogP contribution in [0.15, 0.2) is 36.9 Å². The van der Waals surface area contributed by atoms with Gasteiger partial charge in [0.05, 0.1) is 33.7 Å². The quantitative estimate of drug-likeness (QED) is 0.785. The van der Waals surface area contributed by atoms with E-state index in [1.165, 1.54) is 29.2 Å². The summed E-state index contributed by atoms with van der Waals surface area (Å²) in [5, 5.41) is 22.3. The van der Waals surface area contributed by atoms with Gasteiger partial charge >= 0.3 is 0 Å². The summed E-state index contributed by atoms with van der Waals surface area (Å²) in [6.07, 6.45) is 3.92. The van der Waals surface area contributed by atoms with Crippen LogP contribution in [-0.4, -0.2) is 24.9 Å². The highest BCUT2D eigenvalue weighted by molar-refractivity contribution is 6.31. The lowest BCUT2D eigenvalue weighted by Crippen LogP contribution is -2.01. The van der Waals surface area contributed by atoms with Crippen molar-refractivity contribution >= 4 is 11.6 Å². The number of halogens is 2. The molecule has 0 spiro atoms. The molecular weight excluding hydrogens is 309 g/mol. The van der Waals surface area contributed by atoms with Gasteiger partial charge in [0.25, 0.3) is 0 Å². The molecule has 0 bridgehead atoms. The van der Waals surface area contributed by atoms with Gasteiger partial charge in [-0.15, -0.1) is 0 Å². The molecule has 1 N–H and O–H groups in total. The third-order valence-electron chi connectivity index (χ3n) is 2.94. The van der Waals surface area contributed by atoms with Crippen molar-refractivity contribution in [3.05, 3.63) is 53.3 Å². The van der Waals surface area contributed by atoms with Crippen molar-refractivity contribution in [2.45, 2.75) is 0 Å². The van der Waals surface area contributed by atoms with Crippen LogP contribution in [0, 0.1) is 17.1 Å². The van der Waals surface area contributed by atoms with Gasteiger partial charge in [0, 0.05) is 12.3 Å². The van der Waals surface area contributed by atoms with Gasteiger partial charge in [-0.05, 0) is 12.1 Å². The first kappa shape index (κ1) is 14.0. The smallest absolute Gasteiger partial charge is 0.214 e. The Bertz CT molecular complexity index is 902. The molecule has 22 heavy (non-hydrogen) atoms. The number of aromatic hydroxyl groups is 1. The maximum absolute atomic E-state index is 14.5. The topological polar surface area (TPSA) is 87.6 Å². The average Bonchev–Trinajstić information content (AvgIpc) is 2.98. The van der Waals surface area contributed by atoms with Gasteiger partial charge in [-0.25, -0.2) is 19.0 Å². The van der Waals surface area contributed by atoms with Gasteiger partial charge in [-0.1, -0.05) is 11.6 Å². The Morgan fingerprint density at radius 2 is 2.14 bits per heavy atom. The molecule has 0 atom stereocenters. The minimum atomic E-state index is -0.703. The van der Waals surface area contributed by atoms with E-state index in [1.54, 1.807) is 6.07 Å². The first-order valence-electron chi connectivity index (χ1n) is 6.04. The average molecular weight is 316 g/mol. The largest absolute Gasteiger partial charge is 0.493 e. The van der Waals surface area contributed by atoms with Gasteiger partial charge in [-0.2, -0.15) is 10.4 Å². The van der Waals surface area contributed by atoms with E-state index in [9.17, 15) is 9.50 Å². The number of benzene rings is 1. The summed E-state index contributed by atoms with van der Waals surface area (Å²) >= 11 is 5.83. The fraction of sp³-hybridized carbons (Fsp3) is 0. The number of aromatic nitrogens is 4. The highest BCUT2D eigenvalue weighted by Gasteiger charge is 2.18. The standard InChI is InChI=1S/C14H7ClFN5O/c15-9-1-2-11(21-6-8(4-17)5-20-21)13(14(9)16)10-3-12(22)19-7-18-10/h1-3,5-7H,(H,18,19,22). The van der Waals surface area contributed by atoms with Crippen LogP contribution in [-0.2, 0) is 0 Å². The minimum absolute atomic E-state index is 0.0535.